The van der Waals surface area contributed by atoms with Crippen molar-refractivity contribution >= 4 is 40.1 Å². The molecule has 3 aromatic rings. The van der Waals surface area contributed by atoms with Crippen molar-refractivity contribution in [3.8, 4) is 0 Å². The van der Waals surface area contributed by atoms with E-state index in [0.717, 1.165) is 5.56 Å². The van der Waals surface area contributed by atoms with E-state index in [-0.39, 0.29) is 6.61 Å². The number of esters is 1. The molecule has 4 heterocycles. The van der Waals surface area contributed by atoms with E-state index in [1.807, 2.05) is 12.1 Å². The van der Waals surface area contributed by atoms with Crippen molar-refractivity contribution in [2.45, 2.75) is 5.92 Å². The molecule has 0 radical (unpaired) electrons. The Kier molecular flexibility index (Phi) is 3.83. The topological polar surface area (TPSA) is 94.7 Å². The lowest BCUT2D eigenvalue weighted by atomic mass is 9.87. The van der Waals surface area contributed by atoms with Gasteiger partial charge in [0.1, 0.15) is 23.8 Å². The molecule has 2 aliphatic rings. The molecule has 3 N–H and O–H groups in total. The van der Waals surface area contributed by atoms with Crippen LogP contribution in [0, 0.1) is 6.57 Å². The summed E-state index contributed by atoms with van der Waals surface area (Å²) in [5, 5.41) is 4.43. The molecule has 2 aromatic heterocycles. The van der Waals surface area contributed by atoms with Crippen LogP contribution in [0.1, 0.15) is 17.2 Å². The number of nitrogens with zero attached hydrogens (tertiary/aromatic N) is 2. The van der Waals surface area contributed by atoms with Crippen LogP contribution in [0.15, 0.2) is 64.0 Å². The van der Waals surface area contributed by atoms with Crippen LogP contribution < -0.4 is 11.1 Å². The lowest BCUT2D eigenvalue weighted by molar-refractivity contribution is -0.136. The van der Waals surface area contributed by atoms with Crippen molar-refractivity contribution in [1.82, 2.24) is 10.3 Å². The summed E-state index contributed by atoms with van der Waals surface area (Å²) in [7, 11) is 0. The van der Waals surface area contributed by atoms with Gasteiger partial charge in [-0.15, -0.1) is 0 Å². The number of hydrogen-bond donors (Lipinski definition) is 2. The highest BCUT2D eigenvalue weighted by molar-refractivity contribution is 6.30. The Hall–Kier alpha value is -3.76. The number of anilines is 1. The van der Waals surface area contributed by atoms with Gasteiger partial charge in [0.15, 0.2) is 0 Å². The van der Waals surface area contributed by atoms with Gasteiger partial charge in [-0.2, -0.15) is 0 Å². The zero-order chi connectivity index (χ0) is 20.1. The fourth-order valence-corrected chi connectivity index (χ4v) is 3.81. The minimum absolute atomic E-state index is 0.108. The number of carbonyl (C=O) groups excluding carboxylic acids is 1. The number of allylic oxidation sites excluding steroid dienone is 1. The average molecular weight is 405 g/mol. The number of benzene rings is 1. The number of pyridine rings is 1. The number of cyclic esters (lactones) is 1. The number of nitrogens with two attached hydrogens (primary N) is 1. The van der Waals surface area contributed by atoms with E-state index in [4.69, 9.17) is 33.1 Å². The molecule has 8 heteroatoms. The zero-order valence-electron chi connectivity index (χ0n) is 14.9. The Morgan fingerprint density at radius 2 is 2.07 bits per heavy atom. The standard InChI is InChI=1S/C21H13ClN4O3/c1-24-19-17(15-8-12-14(29-15)6-7-25-20(12)23)16-13(9-28-21(16)27)26-18(19)10-2-4-11(22)5-3-10/h2-8,17,26H,9H2,(H2,23,25)/t17-/m1/s1. The van der Waals surface area contributed by atoms with Crippen LogP contribution in [0.25, 0.3) is 21.5 Å². The third-order valence-electron chi connectivity index (χ3n) is 5.02. The first-order valence-electron chi connectivity index (χ1n) is 8.75. The molecule has 0 aliphatic carbocycles. The van der Waals surface area contributed by atoms with Gasteiger partial charge in [-0.25, -0.2) is 14.6 Å². The molecule has 0 amide bonds. The number of halogens is 1. The van der Waals surface area contributed by atoms with Gasteiger partial charge in [0.25, 0.3) is 0 Å². The number of fused-ring (bicyclic) bond motifs is 1. The van der Waals surface area contributed by atoms with E-state index in [2.05, 4.69) is 15.1 Å². The molecular formula is C21H13ClN4O3. The summed E-state index contributed by atoms with van der Waals surface area (Å²) in [5.74, 6) is -0.428. The summed E-state index contributed by atoms with van der Waals surface area (Å²) in [4.78, 5) is 20.3. The molecule has 2 aliphatic heterocycles. The molecule has 5 rings (SSSR count). The fraction of sp³-hybridized carbons (Fsp3) is 0.0952. The van der Waals surface area contributed by atoms with Gasteiger partial charge < -0.3 is 20.2 Å². The van der Waals surface area contributed by atoms with Crippen molar-refractivity contribution in [2.24, 2.45) is 0 Å². The first kappa shape index (κ1) is 17.3. The second-order valence-electron chi connectivity index (χ2n) is 6.66. The predicted molar refractivity (Wildman–Crippen MR) is 107 cm³/mol. The number of ether oxygens (including phenoxy) is 1. The SMILES string of the molecule is [C-]#[N+]C1=C(c2ccc(Cl)cc2)NC2=C(C(=O)OC2)[C@H]1c1cc2c(N)nccc2o1. The second-order valence-corrected chi connectivity index (χ2v) is 7.10. The van der Waals surface area contributed by atoms with E-state index in [0.29, 0.717) is 50.2 Å². The minimum Gasteiger partial charge on any atom is -0.461 e. The van der Waals surface area contributed by atoms with Gasteiger partial charge in [0, 0.05) is 16.9 Å². The van der Waals surface area contributed by atoms with Gasteiger partial charge in [-0.3, -0.25) is 0 Å². The molecule has 0 bridgehead atoms. The molecule has 1 aromatic carbocycles. The van der Waals surface area contributed by atoms with E-state index >= 15 is 0 Å². The lowest BCUT2D eigenvalue weighted by Crippen LogP contribution is -2.25. The molecular weight excluding hydrogens is 392 g/mol. The van der Waals surface area contributed by atoms with Crippen LogP contribution in [0.2, 0.25) is 5.02 Å². The highest BCUT2D eigenvalue weighted by Gasteiger charge is 2.42. The molecule has 7 nitrogen and oxygen atoms in total. The summed E-state index contributed by atoms with van der Waals surface area (Å²) < 4.78 is 11.2. The first-order chi connectivity index (χ1) is 14.1. The highest BCUT2D eigenvalue weighted by Crippen LogP contribution is 2.45. The van der Waals surface area contributed by atoms with Crippen molar-refractivity contribution in [1.29, 1.82) is 0 Å². The quantitative estimate of drug-likeness (QED) is 0.497. The second kappa shape index (κ2) is 6.40. The largest absolute Gasteiger partial charge is 0.461 e. The summed E-state index contributed by atoms with van der Waals surface area (Å²) in [6.07, 6.45) is 1.55. The Morgan fingerprint density at radius 3 is 2.79 bits per heavy atom. The molecule has 1 atom stereocenters. The maximum Gasteiger partial charge on any atom is 0.336 e. The Balaban J connectivity index is 1.75. The molecule has 0 fully saturated rings. The Morgan fingerprint density at radius 1 is 1.28 bits per heavy atom. The third-order valence-corrected chi connectivity index (χ3v) is 5.27. The molecule has 142 valence electrons. The summed E-state index contributed by atoms with van der Waals surface area (Å²) in [5.41, 5.74) is 9.18. The van der Waals surface area contributed by atoms with E-state index in [1.54, 1.807) is 30.5 Å². The zero-order valence-corrected chi connectivity index (χ0v) is 15.7. The van der Waals surface area contributed by atoms with Crippen molar-refractivity contribution in [3.63, 3.8) is 0 Å². The van der Waals surface area contributed by atoms with Crippen LogP contribution in [-0.4, -0.2) is 17.6 Å². The number of dihydropyridines is 1. The Bertz CT molecular complexity index is 1280. The van der Waals surface area contributed by atoms with Gasteiger partial charge in [0.2, 0.25) is 5.70 Å². The monoisotopic (exact) mass is 404 g/mol. The highest BCUT2D eigenvalue weighted by atomic mass is 35.5. The van der Waals surface area contributed by atoms with Crippen LogP contribution in [0.5, 0.6) is 0 Å². The number of rotatable bonds is 2. The fourth-order valence-electron chi connectivity index (χ4n) is 3.69. The van der Waals surface area contributed by atoms with E-state index in [9.17, 15) is 4.79 Å². The van der Waals surface area contributed by atoms with Crippen LogP contribution in [-0.2, 0) is 9.53 Å². The number of furan rings is 1. The number of aromatic nitrogens is 1. The normalized spacial score (nSPS) is 18.5. The van der Waals surface area contributed by atoms with Gasteiger partial charge in [0.05, 0.1) is 29.1 Å². The van der Waals surface area contributed by atoms with Crippen molar-refractivity contribution in [3.05, 3.63) is 87.3 Å². The third kappa shape index (κ3) is 2.65. The van der Waals surface area contributed by atoms with E-state index < -0.39 is 11.9 Å². The number of hydrogen-bond acceptors (Lipinski definition) is 6. The minimum atomic E-state index is -0.712. The summed E-state index contributed by atoms with van der Waals surface area (Å²) in [6, 6.07) is 10.5. The maximum atomic E-state index is 12.5. The van der Waals surface area contributed by atoms with Gasteiger partial charge >= 0.3 is 5.97 Å². The van der Waals surface area contributed by atoms with Gasteiger partial charge in [-0.1, -0.05) is 23.7 Å². The smallest absolute Gasteiger partial charge is 0.336 e. The van der Waals surface area contributed by atoms with Crippen LogP contribution >= 0.6 is 11.6 Å². The summed E-state index contributed by atoms with van der Waals surface area (Å²) in [6.45, 7) is 7.95. The number of nitrogens with one attached hydrogen (secondary N) is 1. The molecule has 29 heavy (non-hydrogen) atoms. The van der Waals surface area contributed by atoms with Crippen molar-refractivity contribution in [2.75, 3.05) is 12.3 Å². The van der Waals surface area contributed by atoms with Gasteiger partial charge in [-0.05, 0) is 29.8 Å². The number of carbonyl (C=O) groups is 1. The van der Waals surface area contributed by atoms with Crippen molar-refractivity contribution < 1.29 is 13.9 Å². The lowest BCUT2D eigenvalue weighted by Gasteiger charge is -2.25. The first-order valence-corrected chi connectivity index (χ1v) is 9.13. The molecule has 0 spiro atoms. The molecule has 0 saturated carbocycles. The average Bonchev–Trinajstić information content (AvgIpc) is 3.32. The molecule has 0 saturated heterocycles. The van der Waals surface area contributed by atoms with E-state index in [1.165, 1.54) is 0 Å². The summed E-state index contributed by atoms with van der Waals surface area (Å²) >= 11 is 6.01. The maximum absolute atomic E-state index is 12.5. The van der Waals surface area contributed by atoms with Crippen LogP contribution in [0.3, 0.4) is 0 Å². The Labute approximate surface area is 170 Å². The van der Waals surface area contributed by atoms with Crippen LogP contribution in [0.4, 0.5) is 5.82 Å². The number of nitrogen functional groups attached to an aromatic ring is 1. The predicted octanol–water partition coefficient (Wildman–Crippen LogP) is 3.85. The molecule has 0 unspecified atom stereocenters.